The Labute approximate surface area is 125 Å². The molecular weight excluding hydrogens is 294 g/mol. The topological polar surface area (TPSA) is 84.7 Å². The van der Waals surface area contributed by atoms with E-state index in [4.69, 9.17) is 9.68 Å². The molecule has 0 aromatic carbocycles. The van der Waals surface area contributed by atoms with Crippen LogP contribution in [0.1, 0.15) is 32.6 Å². The molecule has 0 spiro atoms. The van der Waals surface area contributed by atoms with Gasteiger partial charge in [-0.1, -0.05) is 0 Å². The van der Waals surface area contributed by atoms with E-state index in [1.54, 1.807) is 13.8 Å². The number of hydrogen-bond acceptors (Lipinski definition) is 5. The van der Waals surface area contributed by atoms with E-state index < -0.39 is 17.7 Å². The monoisotopic (exact) mass is 308 g/mol. The number of aromatic nitrogens is 3. The van der Waals surface area contributed by atoms with Crippen LogP contribution < -0.4 is 5.56 Å². The minimum absolute atomic E-state index is 0.128. The standard InChI is InChI=1S/C14H14F2N4O2/c1-14(2,8-17)4-6-20-5-3-9(7-10(20)21)12-18-19-13(22-12)11(15)16/h3,5,7,11H,4,6H2,1-2H3. The van der Waals surface area contributed by atoms with E-state index in [-0.39, 0.29) is 17.0 Å². The van der Waals surface area contributed by atoms with E-state index in [0.717, 1.165) is 0 Å². The minimum atomic E-state index is -2.85. The fourth-order valence-electron chi connectivity index (χ4n) is 1.72. The zero-order valence-electron chi connectivity index (χ0n) is 12.1. The summed E-state index contributed by atoms with van der Waals surface area (Å²) in [7, 11) is 0. The lowest BCUT2D eigenvalue weighted by Crippen LogP contribution is -2.22. The smallest absolute Gasteiger partial charge is 0.314 e. The average Bonchev–Trinajstić information content (AvgIpc) is 2.96. The molecule has 0 amide bonds. The van der Waals surface area contributed by atoms with Gasteiger partial charge >= 0.3 is 6.43 Å². The highest BCUT2D eigenvalue weighted by Crippen LogP contribution is 2.22. The van der Waals surface area contributed by atoms with Gasteiger partial charge in [-0.05, 0) is 26.3 Å². The van der Waals surface area contributed by atoms with Gasteiger partial charge in [-0.3, -0.25) is 4.79 Å². The van der Waals surface area contributed by atoms with Gasteiger partial charge in [0.05, 0.1) is 11.5 Å². The lowest BCUT2D eigenvalue weighted by molar-refractivity contribution is 0.116. The van der Waals surface area contributed by atoms with Gasteiger partial charge in [0.15, 0.2) is 0 Å². The molecule has 6 nitrogen and oxygen atoms in total. The molecule has 116 valence electrons. The molecule has 22 heavy (non-hydrogen) atoms. The molecular formula is C14H14F2N4O2. The zero-order valence-corrected chi connectivity index (χ0v) is 12.1. The fourth-order valence-corrected chi connectivity index (χ4v) is 1.72. The summed E-state index contributed by atoms with van der Waals surface area (Å²) >= 11 is 0. The second kappa shape index (κ2) is 6.05. The van der Waals surface area contributed by atoms with Crippen LogP contribution in [0, 0.1) is 16.7 Å². The second-order valence-electron chi connectivity index (χ2n) is 5.44. The fraction of sp³-hybridized carbons (Fsp3) is 0.429. The van der Waals surface area contributed by atoms with Crippen molar-refractivity contribution < 1.29 is 13.2 Å². The average molecular weight is 308 g/mol. The predicted molar refractivity (Wildman–Crippen MR) is 73.0 cm³/mol. The van der Waals surface area contributed by atoms with E-state index in [9.17, 15) is 13.6 Å². The second-order valence-corrected chi connectivity index (χ2v) is 5.44. The van der Waals surface area contributed by atoms with Gasteiger partial charge < -0.3 is 8.98 Å². The van der Waals surface area contributed by atoms with Crippen LogP contribution in [-0.2, 0) is 6.54 Å². The van der Waals surface area contributed by atoms with E-state index >= 15 is 0 Å². The van der Waals surface area contributed by atoms with Crippen molar-refractivity contribution in [3.63, 3.8) is 0 Å². The third kappa shape index (κ3) is 3.55. The van der Waals surface area contributed by atoms with Crippen molar-refractivity contribution in [3.8, 4) is 17.5 Å². The third-order valence-electron chi connectivity index (χ3n) is 3.15. The maximum atomic E-state index is 12.4. The lowest BCUT2D eigenvalue weighted by atomic mass is 9.91. The molecule has 0 aliphatic rings. The number of pyridine rings is 1. The molecule has 0 saturated carbocycles. The van der Waals surface area contributed by atoms with Crippen LogP contribution in [0.2, 0.25) is 0 Å². The molecule has 0 atom stereocenters. The zero-order chi connectivity index (χ0) is 16.3. The van der Waals surface area contributed by atoms with Crippen LogP contribution in [0.25, 0.3) is 11.5 Å². The molecule has 2 heterocycles. The number of rotatable bonds is 5. The number of hydrogen-bond donors (Lipinski definition) is 0. The van der Waals surface area contributed by atoms with Gasteiger partial charge in [0.25, 0.3) is 11.4 Å². The SMILES string of the molecule is CC(C)(C#N)CCn1ccc(-c2nnc(C(F)F)o2)cc1=O. The van der Waals surface area contributed by atoms with Crippen LogP contribution in [0.5, 0.6) is 0 Å². The Bertz CT molecular complexity index is 759. The summed E-state index contributed by atoms with van der Waals surface area (Å²) in [6, 6.07) is 4.93. The maximum absolute atomic E-state index is 12.4. The maximum Gasteiger partial charge on any atom is 0.314 e. The van der Waals surface area contributed by atoms with Crippen molar-refractivity contribution in [3.05, 3.63) is 34.6 Å². The molecule has 2 aromatic rings. The van der Waals surface area contributed by atoms with Crippen molar-refractivity contribution in [2.45, 2.75) is 33.2 Å². The van der Waals surface area contributed by atoms with Gasteiger partial charge in [0, 0.05) is 24.4 Å². The van der Waals surface area contributed by atoms with Crippen LogP contribution in [0.4, 0.5) is 8.78 Å². The van der Waals surface area contributed by atoms with E-state index in [1.165, 1.54) is 22.9 Å². The highest BCUT2D eigenvalue weighted by molar-refractivity contribution is 5.50. The van der Waals surface area contributed by atoms with E-state index in [1.807, 2.05) is 0 Å². The number of nitriles is 1. The molecule has 2 aromatic heterocycles. The van der Waals surface area contributed by atoms with Crippen molar-refractivity contribution in [2.75, 3.05) is 0 Å². The van der Waals surface area contributed by atoms with Gasteiger partial charge in [-0.2, -0.15) is 14.0 Å². The van der Waals surface area contributed by atoms with Crippen molar-refractivity contribution in [1.29, 1.82) is 5.26 Å². The van der Waals surface area contributed by atoms with Crippen LogP contribution in [-0.4, -0.2) is 14.8 Å². The summed E-state index contributed by atoms with van der Waals surface area (Å²) in [5.41, 5.74) is -0.584. The highest BCUT2D eigenvalue weighted by atomic mass is 19.3. The molecule has 0 fully saturated rings. The summed E-state index contributed by atoms with van der Waals surface area (Å²) in [4.78, 5) is 12.0. The van der Waals surface area contributed by atoms with Gasteiger partial charge in [-0.25, -0.2) is 0 Å². The molecule has 0 bridgehead atoms. The van der Waals surface area contributed by atoms with Gasteiger partial charge in [-0.15, -0.1) is 10.2 Å². The summed E-state index contributed by atoms with van der Waals surface area (Å²) in [5, 5.41) is 15.7. The normalized spacial score (nSPS) is 11.6. The summed E-state index contributed by atoms with van der Waals surface area (Å²) in [6.45, 7) is 3.96. The number of aryl methyl sites for hydroxylation is 1. The summed E-state index contributed by atoms with van der Waals surface area (Å²) in [6.07, 6.45) is -0.828. The Kier molecular flexibility index (Phi) is 4.35. The predicted octanol–water partition coefficient (Wildman–Crippen LogP) is 2.78. The Morgan fingerprint density at radius 1 is 1.45 bits per heavy atom. The van der Waals surface area contributed by atoms with Crippen molar-refractivity contribution >= 4 is 0 Å². The Morgan fingerprint density at radius 2 is 2.18 bits per heavy atom. The van der Waals surface area contributed by atoms with Gasteiger partial charge in [0.1, 0.15) is 0 Å². The van der Waals surface area contributed by atoms with Crippen molar-refractivity contribution in [1.82, 2.24) is 14.8 Å². The molecule has 0 aliphatic heterocycles. The first-order valence-corrected chi connectivity index (χ1v) is 6.56. The van der Waals surface area contributed by atoms with Crippen molar-refractivity contribution in [2.24, 2.45) is 5.41 Å². The van der Waals surface area contributed by atoms with Gasteiger partial charge in [0.2, 0.25) is 5.89 Å². The number of nitrogens with zero attached hydrogens (tertiary/aromatic N) is 4. The Hall–Kier alpha value is -2.56. The lowest BCUT2D eigenvalue weighted by Gasteiger charge is -2.15. The molecule has 0 aliphatic carbocycles. The number of halogens is 2. The Balaban J connectivity index is 2.19. The highest BCUT2D eigenvalue weighted by Gasteiger charge is 2.18. The van der Waals surface area contributed by atoms with Crippen LogP contribution in [0.15, 0.2) is 27.5 Å². The van der Waals surface area contributed by atoms with Crippen LogP contribution >= 0.6 is 0 Å². The van der Waals surface area contributed by atoms with E-state index in [2.05, 4.69) is 16.3 Å². The molecule has 8 heteroatoms. The third-order valence-corrected chi connectivity index (χ3v) is 3.15. The molecule has 0 N–H and O–H groups in total. The van der Waals surface area contributed by atoms with Crippen LogP contribution in [0.3, 0.4) is 0 Å². The molecule has 0 radical (unpaired) electrons. The summed E-state index contributed by atoms with van der Waals surface area (Å²) in [5.74, 6) is -0.910. The molecule has 0 unspecified atom stereocenters. The first kappa shape index (κ1) is 15.8. The molecule has 0 saturated heterocycles. The first-order chi connectivity index (χ1) is 10.3. The minimum Gasteiger partial charge on any atom is -0.415 e. The summed E-state index contributed by atoms with van der Waals surface area (Å²) < 4.78 is 31.0. The molecule has 2 rings (SSSR count). The largest absolute Gasteiger partial charge is 0.415 e. The quantitative estimate of drug-likeness (QED) is 0.848. The van der Waals surface area contributed by atoms with E-state index in [0.29, 0.717) is 13.0 Å². The number of alkyl halides is 2. The first-order valence-electron chi connectivity index (χ1n) is 6.56. The Morgan fingerprint density at radius 3 is 2.73 bits per heavy atom.